The summed E-state index contributed by atoms with van der Waals surface area (Å²) in [5.41, 5.74) is 8.06. The van der Waals surface area contributed by atoms with Crippen molar-refractivity contribution in [2.75, 3.05) is 17.2 Å². The van der Waals surface area contributed by atoms with Gasteiger partial charge in [0, 0.05) is 22.0 Å². The molecule has 0 saturated carbocycles. The van der Waals surface area contributed by atoms with Crippen LogP contribution in [0.3, 0.4) is 0 Å². The summed E-state index contributed by atoms with van der Waals surface area (Å²) in [6.45, 7) is 1.96. The number of aromatic nitrogens is 2. The normalized spacial score (nSPS) is 11.7. The molecule has 1 heterocycles. The molecule has 0 atom stereocenters. The first-order chi connectivity index (χ1) is 9.41. The van der Waals surface area contributed by atoms with E-state index in [4.69, 9.17) is 5.73 Å². The molecule has 0 unspecified atom stereocenters. The highest BCUT2D eigenvalue weighted by Gasteiger charge is 2.11. The Hall–Kier alpha value is -1.34. The van der Waals surface area contributed by atoms with Crippen molar-refractivity contribution in [2.24, 2.45) is 0 Å². The quantitative estimate of drug-likeness (QED) is 0.890. The number of sulfone groups is 1. The summed E-state index contributed by atoms with van der Waals surface area (Å²) in [6.07, 6.45) is 1.67. The van der Waals surface area contributed by atoms with E-state index in [2.05, 4.69) is 21.0 Å². The number of rotatable bonds is 5. The highest BCUT2D eigenvalue weighted by Crippen LogP contribution is 2.25. The van der Waals surface area contributed by atoms with Gasteiger partial charge in [0.05, 0.1) is 18.0 Å². The summed E-state index contributed by atoms with van der Waals surface area (Å²) in [6, 6.07) is 7.65. The number of benzene rings is 1. The van der Waals surface area contributed by atoms with Crippen molar-refractivity contribution in [3.8, 4) is 11.3 Å². The molecule has 0 saturated heterocycles. The predicted octanol–water partition coefficient (Wildman–Crippen LogP) is 2.33. The maximum atomic E-state index is 11.5. The summed E-state index contributed by atoms with van der Waals surface area (Å²) in [4.78, 5) is 0. The number of hydrogen-bond donors (Lipinski definition) is 1. The van der Waals surface area contributed by atoms with Crippen molar-refractivity contribution in [1.29, 1.82) is 0 Å². The zero-order chi connectivity index (χ0) is 14.8. The molecule has 1 aromatic heterocycles. The van der Waals surface area contributed by atoms with Crippen LogP contribution < -0.4 is 5.73 Å². The largest absolute Gasteiger partial charge is 0.396 e. The SMILES string of the molecule is CCS(=O)(=O)CCn1cc(N)c(-c2ccc(Br)cc2)n1. The van der Waals surface area contributed by atoms with Crippen LogP contribution in [0.2, 0.25) is 0 Å². The van der Waals surface area contributed by atoms with Crippen LogP contribution in [0.5, 0.6) is 0 Å². The molecule has 0 fully saturated rings. The second-order valence-electron chi connectivity index (χ2n) is 4.44. The smallest absolute Gasteiger partial charge is 0.151 e. The van der Waals surface area contributed by atoms with Crippen molar-refractivity contribution in [2.45, 2.75) is 13.5 Å². The van der Waals surface area contributed by atoms with E-state index >= 15 is 0 Å². The number of hydrogen-bond acceptors (Lipinski definition) is 4. The first-order valence-corrected chi connectivity index (χ1v) is 8.82. The molecular weight excluding hydrogens is 342 g/mol. The molecule has 2 aromatic rings. The van der Waals surface area contributed by atoms with E-state index in [0.29, 0.717) is 17.9 Å². The maximum absolute atomic E-state index is 11.5. The second-order valence-corrected chi connectivity index (χ2v) is 7.83. The van der Waals surface area contributed by atoms with Gasteiger partial charge in [-0.25, -0.2) is 8.42 Å². The van der Waals surface area contributed by atoms with Crippen LogP contribution in [0, 0.1) is 0 Å². The number of halogens is 1. The monoisotopic (exact) mass is 357 g/mol. The van der Waals surface area contributed by atoms with Gasteiger partial charge in [0.25, 0.3) is 0 Å². The Morgan fingerprint density at radius 3 is 2.55 bits per heavy atom. The Bertz CT molecular complexity index is 693. The number of anilines is 1. The maximum Gasteiger partial charge on any atom is 0.151 e. The number of nitrogen functional groups attached to an aromatic ring is 1. The van der Waals surface area contributed by atoms with Crippen molar-refractivity contribution < 1.29 is 8.42 Å². The Morgan fingerprint density at radius 2 is 1.95 bits per heavy atom. The average Bonchev–Trinajstić information content (AvgIpc) is 2.79. The van der Waals surface area contributed by atoms with E-state index in [1.54, 1.807) is 17.8 Å². The van der Waals surface area contributed by atoms with E-state index < -0.39 is 9.84 Å². The van der Waals surface area contributed by atoms with Gasteiger partial charge in [-0.15, -0.1) is 0 Å². The fourth-order valence-corrected chi connectivity index (χ4v) is 2.78. The van der Waals surface area contributed by atoms with Gasteiger partial charge in [0.15, 0.2) is 9.84 Å². The lowest BCUT2D eigenvalue weighted by Gasteiger charge is -2.01. The van der Waals surface area contributed by atoms with Crippen LogP contribution in [0.25, 0.3) is 11.3 Å². The third kappa shape index (κ3) is 3.61. The van der Waals surface area contributed by atoms with E-state index in [1.807, 2.05) is 24.3 Å². The molecule has 0 amide bonds. The predicted molar refractivity (Wildman–Crippen MR) is 84.1 cm³/mol. The molecule has 0 aliphatic rings. The second kappa shape index (κ2) is 5.97. The molecule has 2 N–H and O–H groups in total. The summed E-state index contributed by atoms with van der Waals surface area (Å²) < 4.78 is 25.6. The van der Waals surface area contributed by atoms with Crippen LogP contribution in [-0.2, 0) is 16.4 Å². The minimum atomic E-state index is -3.00. The van der Waals surface area contributed by atoms with E-state index in [-0.39, 0.29) is 11.5 Å². The van der Waals surface area contributed by atoms with Gasteiger partial charge in [-0.05, 0) is 12.1 Å². The molecule has 7 heteroatoms. The Balaban J connectivity index is 2.19. The Labute approximate surface area is 126 Å². The highest BCUT2D eigenvalue weighted by molar-refractivity contribution is 9.10. The van der Waals surface area contributed by atoms with Gasteiger partial charge >= 0.3 is 0 Å². The lowest BCUT2D eigenvalue weighted by Crippen LogP contribution is -2.14. The van der Waals surface area contributed by atoms with Crippen LogP contribution in [0.15, 0.2) is 34.9 Å². The van der Waals surface area contributed by atoms with Crippen LogP contribution >= 0.6 is 15.9 Å². The molecule has 0 radical (unpaired) electrons. The standard InChI is InChI=1S/C13H16BrN3O2S/c1-2-20(18,19)8-7-17-9-12(15)13(16-17)10-3-5-11(14)6-4-10/h3-6,9H,2,7-8,15H2,1H3. The fourth-order valence-electron chi connectivity index (χ4n) is 1.76. The van der Waals surface area contributed by atoms with E-state index in [1.165, 1.54) is 0 Å². The van der Waals surface area contributed by atoms with Crippen molar-refractivity contribution in [3.63, 3.8) is 0 Å². The molecule has 5 nitrogen and oxygen atoms in total. The molecule has 108 valence electrons. The molecule has 2 rings (SSSR count). The number of aryl methyl sites for hydroxylation is 1. The van der Waals surface area contributed by atoms with Crippen molar-refractivity contribution in [3.05, 3.63) is 34.9 Å². The lowest BCUT2D eigenvalue weighted by molar-refractivity contribution is 0.582. The molecule has 0 aliphatic carbocycles. The van der Waals surface area contributed by atoms with Crippen LogP contribution in [0.1, 0.15) is 6.92 Å². The first-order valence-electron chi connectivity index (χ1n) is 6.20. The van der Waals surface area contributed by atoms with Gasteiger partial charge < -0.3 is 5.73 Å². The average molecular weight is 358 g/mol. The topological polar surface area (TPSA) is 78.0 Å². The van der Waals surface area contributed by atoms with Gasteiger partial charge in [-0.1, -0.05) is 35.0 Å². The molecule has 20 heavy (non-hydrogen) atoms. The Kier molecular flexibility index (Phi) is 4.49. The summed E-state index contributed by atoms with van der Waals surface area (Å²) in [5, 5.41) is 4.36. The van der Waals surface area contributed by atoms with Gasteiger partial charge in [0.1, 0.15) is 5.69 Å². The lowest BCUT2D eigenvalue weighted by atomic mass is 10.1. The first kappa shape index (κ1) is 15.1. The fraction of sp³-hybridized carbons (Fsp3) is 0.308. The van der Waals surface area contributed by atoms with Gasteiger partial charge in [-0.3, -0.25) is 4.68 Å². The third-order valence-corrected chi connectivity index (χ3v) is 5.19. The summed E-state index contributed by atoms with van der Waals surface area (Å²) in [7, 11) is -3.00. The Morgan fingerprint density at radius 1 is 1.30 bits per heavy atom. The molecule has 0 bridgehead atoms. The zero-order valence-electron chi connectivity index (χ0n) is 11.1. The molecule has 0 spiro atoms. The zero-order valence-corrected chi connectivity index (χ0v) is 13.5. The van der Waals surface area contributed by atoms with E-state index in [9.17, 15) is 8.42 Å². The third-order valence-electron chi connectivity index (χ3n) is 2.98. The molecule has 0 aliphatic heterocycles. The van der Waals surface area contributed by atoms with Crippen LogP contribution in [-0.4, -0.2) is 29.7 Å². The summed E-state index contributed by atoms with van der Waals surface area (Å²) >= 11 is 3.37. The summed E-state index contributed by atoms with van der Waals surface area (Å²) in [5.74, 6) is 0.216. The van der Waals surface area contributed by atoms with Crippen molar-refractivity contribution in [1.82, 2.24) is 9.78 Å². The van der Waals surface area contributed by atoms with Crippen molar-refractivity contribution >= 4 is 31.5 Å². The van der Waals surface area contributed by atoms with Gasteiger partial charge in [-0.2, -0.15) is 5.10 Å². The van der Waals surface area contributed by atoms with Gasteiger partial charge in [0.2, 0.25) is 0 Å². The minimum Gasteiger partial charge on any atom is -0.396 e. The number of nitrogens with zero attached hydrogens (tertiary/aromatic N) is 2. The number of nitrogens with two attached hydrogens (primary N) is 1. The van der Waals surface area contributed by atoms with Crippen LogP contribution in [0.4, 0.5) is 5.69 Å². The molecule has 1 aromatic carbocycles. The highest BCUT2D eigenvalue weighted by atomic mass is 79.9. The molecular formula is C13H16BrN3O2S. The van der Waals surface area contributed by atoms with E-state index in [0.717, 1.165) is 10.0 Å². The minimum absolute atomic E-state index is 0.0738.